The highest BCUT2D eigenvalue weighted by Gasteiger charge is 2.45. The first kappa shape index (κ1) is 21.4. The van der Waals surface area contributed by atoms with Crippen molar-refractivity contribution in [1.82, 2.24) is 0 Å². The molecular weight excluding hydrogens is 456 g/mol. The topological polar surface area (TPSA) is 34.1 Å². The van der Waals surface area contributed by atoms with Crippen LogP contribution in [0.5, 0.6) is 0 Å². The number of halogens is 2. The van der Waals surface area contributed by atoms with Gasteiger partial charge in [0.25, 0.3) is 0 Å². The van der Waals surface area contributed by atoms with E-state index in [-0.39, 0.29) is 22.9 Å². The first-order chi connectivity index (χ1) is 12.4. The second-order valence-corrected chi connectivity index (χ2v) is 8.90. The number of allylic oxidation sites excluding steroid dienone is 6. The van der Waals surface area contributed by atoms with Gasteiger partial charge in [-0.15, -0.1) is 0 Å². The molecule has 0 aromatic heterocycles. The summed E-state index contributed by atoms with van der Waals surface area (Å²) in [5.41, 5.74) is 1.64. The molecule has 0 unspecified atom stereocenters. The molecule has 0 fully saturated rings. The summed E-state index contributed by atoms with van der Waals surface area (Å²) in [4.78, 5) is 25.0. The molecule has 0 amide bonds. The van der Waals surface area contributed by atoms with E-state index in [0.29, 0.717) is 8.96 Å². The summed E-state index contributed by atoms with van der Waals surface area (Å²) in [6, 6.07) is 0. The molecule has 0 radical (unpaired) electrons. The van der Waals surface area contributed by atoms with Crippen molar-refractivity contribution in [3.05, 3.63) is 32.3 Å². The van der Waals surface area contributed by atoms with E-state index >= 15 is 0 Å². The third-order valence-corrected chi connectivity index (χ3v) is 6.29. The molecule has 0 bridgehead atoms. The molecular formula is C22H26Br2O2. The van der Waals surface area contributed by atoms with Crippen molar-refractivity contribution in [3.63, 3.8) is 0 Å². The standard InChI is InChI=1S/C22H26Br2O2/c1-4-6-8-9-11-19(25)20-15(3)12-22(16(20)10-7-5-2)13-17(23)21(26)18(24)14-22/h13-15H,4-8,10,12H2,1-3H3/t15-/m0/s1. The number of unbranched alkanes of at least 4 members (excludes halogenated alkanes) is 3. The first-order valence-electron chi connectivity index (χ1n) is 9.44. The predicted octanol–water partition coefficient (Wildman–Crippen LogP) is 6.40. The van der Waals surface area contributed by atoms with Crippen molar-refractivity contribution in [2.24, 2.45) is 11.3 Å². The maximum absolute atomic E-state index is 12.9. The van der Waals surface area contributed by atoms with Crippen LogP contribution in [0.25, 0.3) is 0 Å². The lowest BCUT2D eigenvalue weighted by molar-refractivity contribution is -0.111. The van der Waals surface area contributed by atoms with Gasteiger partial charge in [0, 0.05) is 17.4 Å². The highest BCUT2D eigenvalue weighted by atomic mass is 79.9. The van der Waals surface area contributed by atoms with Crippen LogP contribution in [0.15, 0.2) is 32.3 Å². The van der Waals surface area contributed by atoms with Gasteiger partial charge in [-0.3, -0.25) is 9.59 Å². The minimum Gasteiger partial charge on any atom is -0.287 e. The van der Waals surface area contributed by atoms with Gasteiger partial charge in [0.1, 0.15) is 0 Å². The zero-order valence-electron chi connectivity index (χ0n) is 15.8. The minimum absolute atomic E-state index is 0.0393. The molecule has 0 aliphatic heterocycles. The largest absolute Gasteiger partial charge is 0.287 e. The lowest BCUT2D eigenvalue weighted by Crippen LogP contribution is -2.22. The predicted molar refractivity (Wildman–Crippen MR) is 114 cm³/mol. The Morgan fingerprint density at radius 1 is 1.19 bits per heavy atom. The lowest BCUT2D eigenvalue weighted by Gasteiger charge is -2.30. The fourth-order valence-electron chi connectivity index (χ4n) is 3.87. The van der Waals surface area contributed by atoms with Gasteiger partial charge >= 0.3 is 0 Å². The summed E-state index contributed by atoms with van der Waals surface area (Å²) < 4.78 is 1.13. The van der Waals surface area contributed by atoms with Gasteiger partial charge in [-0.05, 0) is 75.0 Å². The number of ketones is 2. The summed E-state index contributed by atoms with van der Waals surface area (Å²) in [5.74, 6) is 5.96. The van der Waals surface area contributed by atoms with Gasteiger partial charge in [0.15, 0.2) is 0 Å². The number of Topliss-reactive ketones (excluding diaryl/α,β-unsaturated/α-hetero) is 2. The number of carbonyl (C=O) groups is 2. The molecule has 0 aromatic carbocycles. The fraction of sp³-hybridized carbons (Fsp3) is 0.545. The number of carbonyl (C=O) groups excluding carboxylic acids is 2. The Morgan fingerprint density at radius 2 is 1.81 bits per heavy atom. The van der Waals surface area contributed by atoms with E-state index in [1.165, 1.54) is 0 Å². The van der Waals surface area contributed by atoms with Crippen LogP contribution in [-0.2, 0) is 9.59 Å². The summed E-state index contributed by atoms with van der Waals surface area (Å²) in [5, 5.41) is 0. The summed E-state index contributed by atoms with van der Waals surface area (Å²) in [7, 11) is 0. The van der Waals surface area contributed by atoms with Crippen LogP contribution in [0.4, 0.5) is 0 Å². The second kappa shape index (κ2) is 9.33. The van der Waals surface area contributed by atoms with Crippen LogP contribution in [0, 0.1) is 23.2 Å². The van der Waals surface area contributed by atoms with Crippen molar-refractivity contribution in [3.8, 4) is 11.8 Å². The van der Waals surface area contributed by atoms with E-state index in [9.17, 15) is 9.59 Å². The van der Waals surface area contributed by atoms with Gasteiger partial charge < -0.3 is 0 Å². The van der Waals surface area contributed by atoms with Gasteiger partial charge in [-0.25, -0.2) is 0 Å². The van der Waals surface area contributed by atoms with Crippen LogP contribution in [0.3, 0.4) is 0 Å². The maximum Gasteiger partial charge on any atom is 0.232 e. The summed E-state index contributed by atoms with van der Waals surface area (Å²) >= 11 is 6.83. The molecule has 2 rings (SSSR count). The Bertz CT molecular complexity index is 722. The first-order valence-corrected chi connectivity index (χ1v) is 11.0. The molecule has 2 aliphatic rings. The normalized spacial score (nSPS) is 21.4. The zero-order valence-corrected chi connectivity index (χ0v) is 18.9. The molecule has 4 heteroatoms. The van der Waals surface area contributed by atoms with Crippen LogP contribution >= 0.6 is 31.9 Å². The van der Waals surface area contributed by atoms with E-state index < -0.39 is 0 Å². The SMILES string of the molecule is CCCCC#CC(=O)C1=C(CCCC)C2(C=C(Br)C(=O)C(Br)=C2)C[C@@H]1C. The van der Waals surface area contributed by atoms with Crippen molar-refractivity contribution >= 4 is 43.4 Å². The third-order valence-electron chi connectivity index (χ3n) is 5.11. The average Bonchev–Trinajstić information content (AvgIpc) is 2.85. The van der Waals surface area contributed by atoms with E-state index in [1.807, 2.05) is 12.2 Å². The molecule has 0 saturated heterocycles. The molecule has 0 aromatic rings. The molecule has 140 valence electrons. The van der Waals surface area contributed by atoms with Crippen LogP contribution in [0.1, 0.15) is 65.7 Å². The molecule has 0 heterocycles. The Labute approximate surface area is 173 Å². The summed E-state index contributed by atoms with van der Waals surface area (Å²) in [6.45, 7) is 6.37. The molecule has 1 atom stereocenters. The van der Waals surface area contributed by atoms with E-state index in [4.69, 9.17) is 0 Å². The van der Waals surface area contributed by atoms with Gasteiger partial charge in [-0.2, -0.15) is 0 Å². The van der Waals surface area contributed by atoms with E-state index in [2.05, 4.69) is 64.5 Å². The van der Waals surface area contributed by atoms with Crippen molar-refractivity contribution in [2.45, 2.75) is 65.7 Å². The molecule has 2 nitrogen and oxygen atoms in total. The Kier molecular flexibility index (Phi) is 7.67. The smallest absolute Gasteiger partial charge is 0.232 e. The van der Waals surface area contributed by atoms with Crippen LogP contribution in [0.2, 0.25) is 0 Å². The monoisotopic (exact) mass is 480 g/mol. The van der Waals surface area contributed by atoms with E-state index in [0.717, 1.165) is 56.1 Å². The fourth-order valence-corrected chi connectivity index (χ4v) is 5.38. The molecule has 1 spiro atoms. The maximum atomic E-state index is 12.9. The molecule has 26 heavy (non-hydrogen) atoms. The highest BCUT2D eigenvalue weighted by molar-refractivity contribution is 9.13. The summed E-state index contributed by atoms with van der Waals surface area (Å²) in [6.07, 6.45) is 10.6. The average molecular weight is 482 g/mol. The Morgan fingerprint density at radius 3 is 2.38 bits per heavy atom. The zero-order chi connectivity index (χ0) is 19.3. The van der Waals surface area contributed by atoms with E-state index in [1.54, 1.807) is 0 Å². The third kappa shape index (κ3) is 4.49. The minimum atomic E-state index is -0.365. The van der Waals surface area contributed by atoms with Crippen LogP contribution < -0.4 is 0 Å². The quantitative estimate of drug-likeness (QED) is 0.250. The Hall–Kier alpha value is -0.920. The number of hydrogen-bond donors (Lipinski definition) is 0. The Balaban J connectivity index is 2.48. The molecule has 0 N–H and O–H groups in total. The van der Waals surface area contributed by atoms with Crippen molar-refractivity contribution in [1.29, 1.82) is 0 Å². The van der Waals surface area contributed by atoms with Gasteiger partial charge in [0.2, 0.25) is 11.6 Å². The highest BCUT2D eigenvalue weighted by Crippen LogP contribution is 2.54. The van der Waals surface area contributed by atoms with Crippen LogP contribution in [-0.4, -0.2) is 11.6 Å². The van der Waals surface area contributed by atoms with Crippen molar-refractivity contribution in [2.75, 3.05) is 0 Å². The molecule has 2 aliphatic carbocycles. The molecule has 0 saturated carbocycles. The van der Waals surface area contributed by atoms with Crippen molar-refractivity contribution < 1.29 is 9.59 Å². The number of hydrogen-bond acceptors (Lipinski definition) is 2. The van der Waals surface area contributed by atoms with Gasteiger partial charge in [-0.1, -0.05) is 51.7 Å². The van der Waals surface area contributed by atoms with Gasteiger partial charge in [0.05, 0.1) is 8.96 Å². The lowest BCUT2D eigenvalue weighted by atomic mass is 9.75. The second-order valence-electron chi connectivity index (χ2n) is 7.19. The number of rotatable bonds is 6.